The molecule has 0 saturated carbocycles. The molecule has 0 aliphatic carbocycles. The van der Waals surface area contributed by atoms with E-state index in [2.05, 4.69) is 9.97 Å². The third kappa shape index (κ3) is 1.99. The summed E-state index contributed by atoms with van der Waals surface area (Å²) in [5, 5.41) is 8.67. The van der Waals surface area contributed by atoms with Gasteiger partial charge in [-0.25, -0.2) is 14.7 Å². The molecule has 2 rings (SSSR count). The molecule has 1 aliphatic rings. The summed E-state index contributed by atoms with van der Waals surface area (Å²) < 4.78 is -0.176. The molecule has 0 radical (unpaired) electrons. The van der Waals surface area contributed by atoms with Crippen LogP contribution in [0.2, 0.25) is 0 Å². The molecular weight excluding hydrogens is 252 g/mol. The van der Waals surface area contributed by atoms with E-state index in [0.29, 0.717) is 12.2 Å². The van der Waals surface area contributed by atoms with Crippen LogP contribution in [-0.4, -0.2) is 58.5 Å². The van der Waals surface area contributed by atoms with Crippen molar-refractivity contribution in [3.05, 3.63) is 12.0 Å². The molecule has 2 heterocycles. The molecule has 0 fully saturated rings. The molecule has 0 spiro atoms. The molecule has 0 saturated heterocycles. The van der Waals surface area contributed by atoms with Crippen molar-refractivity contribution >= 4 is 23.7 Å². The van der Waals surface area contributed by atoms with Crippen molar-refractivity contribution < 1.29 is 19.5 Å². The Hall–Kier alpha value is -2.22. The largest absolute Gasteiger partial charge is 0.481 e. The molecule has 3 amide bonds. The van der Waals surface area contributed by atoms with Gasteiger partial charge in [0.15, 0.2) is 0 Å². The van der Waals surface area contributed by atoms with Crippen LogP contribution in [0.5, 0.6) is 0 Å². The molecule has 0 aromatic carbocycles. The van der Waals surface area contributed by atoms with E-state index in [1.165, 1.54) is 13.4 Å². The molecule has 1 aromatic rings. The average Bonchev–Trinajstić information content (AvgIpc) is 2.84. The highest BCUT2D eigenvalue weighted by Crippen LogP contribution is 2.30. The number of aromatic amines is 1. The molecule has 2 N–H and O–H groups in total. The number of imidazole rings is 1. The quantitative estimate of drug-likeness (QED) is 0.769. The Labute approximate surface area is 109 Å². The SMILES string of the molecule is CN1C(=O)c2nc[nH]c2[N+](C)(CCCC(=O)O)C1=O. The number of nitrogens with zero attached hydrogens (tertiary/aromatic N) is 3. The van der Waals surface area contributed by atoms with Crippen molar-refractivity contribution in [2.24, 2.45) is 0 Å². The lowest BCUT2D eigenvalue weighted by Crippen LogP contribution is -2.61. The molecule has 0 bridgehead atoms. The third-order valence-corrected chi connectivity index (χ3v) is 3.33. The van der Waals surface area contributed by atoms with Crippen LogP contribution in [0.4, 0.5) is 10.6 Å². The molecule has 102 valence electrons. The maximum atomic E-state index is 12.3. The molecule has 19 heavy (non-hydrogen) atoms. The lowest BCUT2D eigenvalue weighted by Gasteiger charge is -2.35. The predicted octanol–water partition coefficient (Wildman–Crippen LogP) is 0.417. The maximum absolute atomic E-state index is 12.3. The lowest BCUT2D eigenvalue weighted by molar-refractivity contribution is -0.137. The Morgan fingerprint density at radius 3 is 2.84 bits per heavy atom. The van der Waals surface area contributed by atoms with Crippen LogP contribution < -0.4 is 4.48 Å². The molecule has 1 unspecified atom stereocenters. The van der Waals surface area contributed by atoms with Crippen LogP contribution in [-0.2, 0) is 4.79 Å². The second-order valence-electron chi connectivity index (χ2n) is 4.66. The highest BCUT2D eigenvalue weighted by Gasteiger charge is 2.49. The molecule has 1 aliphatic heterocycles. The number of aliphatic carboxylic acids is 1. The van der Waals surface area contributed by atoms with Crippen molar-refractivity contribution in [1.29, 1.82) is 0 Å². The number of urea groups is 1. The van der Waals surface area contributed by atoms with Crippen LogP contribution in [0, 0.1) is 0 Å². The van der Waals surface area contributed by atoms with Crippen LogP contribution >= 0.6 is 0 Å². The van der Waals surface area contributed by atoms with Gasteiger partial charge in [0.2, 0.25) is 11.5 Å². The molecule has 8 heteroatoms. The zero-order valence-electron chi connectivity index (χ0n) is 10.7. The Morgan fingerprint density at radius 1 is 1.53 bits per heavy atom. The number of hydrogen-bond acceptors (Lipinski definition) is 4. The van der Waals surface area contributed by atoms with E-state index in [1.54, 1.807) is 7.05 Å². The number of carboxylic acid groups (broad SMARTS) is 1. The van der Waals surface area contributed by atoms with E-state index in [1.807, 2.05) is 0 Å². The van der Waals surface area contributed by atoms with Gasteiger partial charge in [-0.15, -0.1) is 0 Å². The molecular formula is C11H15N4O4+. The van der Waals surface area contributed by atoms with Gasteiger partial charge in [0.25, 0.3) is 5.91 Å². The third-order valence-electron chi connectivity index (χ3n) is 3.33. The fourth-order valence-electron chi connectivity index (χ4n) is 2.25. The number of quaternary nitrogens is 1. The van der Waals surface area contributed by atoms with E-state index in [9.17, 15) is 14.4 Å². The first-order valence-corrected chi connectivity index (χ1v) is 5.82. The summed E-state index contributed by atoms with van der Waals surface area (Å²) in [6, 6.07) is -0.396. The number of nitrogens with one attached hydrogen (secondary N) is 1. The van der Waals surface area contributed by atoms with Crippen LogP contribution in [0.3, 0.4) is 0 Å². The van der Waals surface area contributed by atoms with E-state index >= 15 is 0 Å². The Kier molecular flexibility index (Phi) is 3.11. The van der Waals surface area contributed by atoms with E-state index in [4.69, 9.17) is 5.11 Å². The van der Waals surface area contributed by atoms with Crippen molar-refractivity contribution in [3.63, 3.8) is 0 Å². The minimum absolute atomic E-state index is 0.0255. The number of fused-ring (bicyclic) bond motifs is 1. The second-order valence-corrected chi connectivity index (χ2v) is 4.66. The normalized spacial score (nSPS) is 22.5. The smallest absolute Gasteiger partial charge is 0.432 e. The first kappa shape index (κ1) is 13.2. The summed E-state index contributed by atoms with van der Waals surface area (Å²) in [5.74, 6) is -0.945. The van der Waals surface area contributed by atoms with Gasteiger partial charge >= 0.3 is 12.0 Å². The predicted molar refractivity (Wildman–Crippen MR) is 65.5 cm³/mol. The number of aromatic nitrogens is 2. The number of rotatable bonds is 4. The Balaban J connectivity index is 2.33. The highest BCUT2D eigenvalue weighted by molar-refractivity contribution is 6.12. The Bertz CT molecular complexity index is 553. The maximum Gasteiger partial charge on any atom is 0.432 e. The number of imide groups is 1. The number of carbonyl (C=O) groups excluding carboxylic acids is 2. The summed E-state index contributed by atoms with van der Waals surface area (Å²) in [7, 11) is 3.04. The summed E-state index contributed by atoms with van der Waals surface area (Å²) in [6.45, 7) is 0.290. The van der Waals surface area contributed by atoms with Gasteiger partial charge in [0.1, 0.15) is 0 Å². The summed E-state index contributed by atoms with van der Waals surface area (Å²) in [6.07, 6.45) is 1.67. The van der Waals surface area contributed by atoms with Gasteiger partial charge in [0.05, 0.1) is 26.3 Å². The van der Waals surface area contributed by atoms with Crippen LogP contribution in [0.25, 0.3) is 0 Å². The van der Waals surface area contributed by atoms with Crippen molar-refractivity contribution in [1.82, 2.24) is 19.4 Å². The highest BCUT2D eigenvalue weighted by atomic mass is 16.4. The van der Waals surface area contributed by atoms with E-state index < -0.39 is 17.9 Å². The van der Waals surface area contributed by atoms with Crippen LogP contribution in [0.15, 0.2) is 6.33 Å². The molecule has 1 atom stereocenters. The lowest BCUT2D eigenvalue weighted by atomic mass is 10.2. The number of carbonyl (C=O) groups is 3. The fourth-order valence-corrected chi connectivity index (χ4v) is 2.25. The first-order chi connectivity index (χ1) is 8.88. The van der Waals surface area contributed by atoms with Gasteiger partial charge in [-0.05, 0) is 0 Å². The standard InChI is InChI=1S/C11H14N4O4/c1-14-10(18)8-9(13-6-12-8)15(2,11(14)19)5-3-4-7(16)17/h6H,3-5H2,1-2H3,(H-,12,13,16,17,18)/p+1. The van der Waals surface area contributed by atoms with Crippen molar-refractivity contribution in [3.8, 4) is 0 Å². The van der Waals surface area contributed by atoms with Gasteiger partial charge in [0, 0.05) is 13.5 Å². The number of H-pyrrole nitrogens is 1. The summed E-state index contributed by atoms with van der Waals surface area (Å²) >= 11 is 0. The van der Waals surface area contributed by atoms with Gasteiger partial charge in [-0.1, -0.05) is 0 Å². The van der Waals surface area contributed by atoms with Crippen molar-refractivity contribution in [2.75, 3.05) is 20.6 Å². The topological polar surface area (TPSA) is 103 Å². The van der Waals surface area contributed by atoms with Gasteiger partial charge < -0.3 is 5.11 Å². The monoisotopic (exact) mass is 267 g/mol. The van der Waals surface area contributed by atoms with Gasteiger partial charge in [-0.3, -0.25) is 14.6 Å². The first-order valence-electron chi connectivity index (χ1n) is 5.82. The minimum atomic E-state index is -0.912. The minimum Gasteiger partial charge on any atom is -0.481 e. The number of carboxylic acids is 1. The Morgan fingerprint density at radius 2 is 2.21 bits per heavy atom. The summed E-state index contributed by atoms with van der Waals surface area (Å²) in [4.78, 5) is 42.5. The van der Waals surface area contributed by atoms with E-state index in [0.717, 1.165) is 4.90 Å². The molecule has 1 aromatic heterocycles. The second kappa shape index (κ2) is 4.47. The number of amides is 3. The number of hydrogen-bond donors (Lipinski definition) is 2. The zero-order valence-corrected chi connectivity index (χ0v) is 10.7. The zero-order chi connectivity index (χ0) is 14.2. The average molecular weight is 267 g/mol. The molecule has 8 nitrogen and oxygen atoms in total. The summed E-state index contributed by atoms with van der Waals surface area (Å²) in [5.41, 5.74) is 0.208. The fraction of sp³-hybridized carbons (Fsp3) is 0.455. The van der Waals surface area contributed by atoms with Gasteiger partial charge in [-0.2, -0.15) is 4.48 Å². The van der Waals surface area contributed by atoms with Crippen molar-refractivity contribution in [2.45, 2.75) is 12.8 Å². The van der Waals surface area contributed by atoms with Crippen LogP contribution in [0.1, 0.15) is 23.3 Å². The van der Waals surface area contributed by atoms with E-state index in [-0.39, 0.29) is 23.1 Å².